The predicted octanol–water partition coefficient (Wildman–Crippen LogP) is 4.41. The molecule has 1 aliphatic heterocycles. The molecule has 0 bridgehead atoms. The first-order valence-corrected chi connectivity index (χ1v) is 13.1. The van der Waals surface area contributed by atoms with E-state index in [1.807, 2.05) is 12.1 Å². The summed E-state index contributed by atoms with van der Waals surface area (Å²) in [4.78, 5) is 16.1. The monoisotopic (exact) mass is 555 g/mol. The van der Waals surface area contributed by atoms with E-state index < -0.39 is 35.9 Å². The highest BCUT2D eigenvalue weighted by atomic mass is 35.5. The van der Waals surface area contributed by atoms with Crippen LogP contribution in [0.1, 0.15) is 68.4 Å². The summed E-state index contributed by atoms with van der Waals surface area (Å²) in [6.45, 7) is 2.41. The molecule has 2 unspecified atom stereocenters. The fourth-order valence-corrected chi connectivity index (χ4v) is 5.19. The third-order valence-electron chi connectivity index (χ3n) is 7.56. The number of benzene rings is 1. The smallest absolute Gasteiger partial charge is 0.394 e. The Balaban J connectivity index is 1.52. The van der Waals surface area contributed by atoms with Crippen molar-refractivity contribution in [1.82, 2.24) is 15.6 Å². The lowest BCUT2D eigenvalue weighted by atomic mass is 9.73. The number of aromatic nitrogens is 1. The van der Waals surface area contributed by atoms with E-state index in [1.54, 1.807) is 12.1 Å². The lowest BCUT2D eigenvalue weighted by Crippen LogP contribution is -2.52. The van der Waals surface area contributed by atoms with Gasteiger partial charge in [0.1, 0.15) is 5.60 Å². The fraction of sp³-hybridized carbons (Fsp3) is 0.556. The second-order valence-corrected chi connectivity index (χ2v) is 10.9. The summed E-state index contributed by atoms with van der Waals surface area (Å²) in [5.74, 6) is -1.93. The molecule has 1 fully saturated rings. The van der Waals surface area contributed by atoms with Crippen molar-refractivity contribution in [1.29, 1.82) is 0 Å². The van der Waals surface area contributed by atoms with Gasteiger partial charge in [0.15, 0.2) is 0 Å². The minimum absolute atomic E-state index is 0.0490. The number of carbonyl (C=O) groups is 1. The van der Waals surface area contributed by atoms with Gasteiger partial charge in [-0.05, 0) is 49.4 Å². The minimum atomic E-state index is -4.56. The number of hydrogen-bond donors (Lipinski definition) is 4. The van der Waals surface area contributed by atoms with E-state index in [0.29, 0.717) is 29.3 Å². The first kappa shape index (κ1) is 28.6. The van der Waals surface area contributed by atoms with Crippen LogP contribution in [-0.4, -0.2) is 51.6 Å². The van der Waals surface area contributed by atoms with Crippen LogP contribution in [0.4, 0.5) is 13.2 Å². The highest BCUT2D eigenvalue weighted by molar-refractivity contribution is 6.30. The molecule has 11 heteroatoms. The molecule has 1 aliphatic carbocycles. The Morgan fingerprint density at radius 3 is 2.53 bits per heavy atom. The summed E-state index contributed by atoms with van der Waals surface area (Å²) in [5.41, 5.74) is 1.06. The Kier molecular flexibility index (Phi) is 8.56. The van der Waals surface area contributed by atoms with Crippen molar-refractivity contribution in [3.8, 4) is 5.88 Å². The topological polar surface area (TPSA) is 104 Å². The van der Waals surface area contributed by atoms with Gasteiger partial charge in [0, 0.05) is 48.3 Å². The summed E-state index contributed by atoms with van der Waals surface area (Å²) in [6.07, 6.45) is -2.50. The second-order valence-electron chi connectivity index (χ2n) is 10.4. The summed E-state index contributed by atoms with van der Waals surface area (Å²) >= 11 is 5.97. The van der Waals surface area contributed by atoms with Crippen LogP contribution in [0.5, 0.6) is 5.88 Å². The summed E-state index contributed by atoms with van der Waals surface area (Å²) in [5, 5.41) is 28.1. The molecule has 1 amide bonds. The van der Waals surface area contributed by atoms with Crippen LogP contribution in [0.25, 0.3) is 0 Å². The molecule has 1 aromatic carbocycles. The van der Waals surface area contributed by atoms with Crippen LogP contribution >= 0.6 is 11.6 Å². The van der Waals surface area contributed by atoms with E-state index in [9.17, 15) is 28.2 Å². The van der Waals surface area contributed by atoms with E-state index in [2.05, 4.69) is 15.6 Å². The molecular formula is C27H33ClF3N3O4. The molecule has 1 aromatic heterocycles. The summed E-state index contributed by atoms with van der Waals surface area (Å²) in [7, 11) is 0. The molecule has 4 N–H and O–H groups in total. The maximum Gasteiger partial charge on any atom is 0.394 e. The lowest BCUT2D eigenvalue weighted by Gasteiger charge is -2.47. The maximum absolute atomic E-state index is 13.2. The Morgan fingerprint density at radius 2 is 1.95 bits per heavy atom. The standard InChI is InChI=1S/C27H33ClF3N3O4/c1-15(27(29,30)31)24(37)18-11-20-22(12-26(8-3-9-26)38-25(20)33-13-18)32-14-23(36)21(34-16(2)35)10-17-4-6-19(28)7-5-17/h4-7,11,13,15,21-24,32,36-37H,3,8-10,12,14H2,1-2H3,(H,34,35)/t15?,21-,22-,23+,24?/m0/s1. The minimum Gasteiger partial charge on any atom is -0.471 e. The van der Waals surface area contributed by atoms with Crippen LogP contribution in [0.15, 0.2) is 36.5 Å². The van der Waals surface area contributed by atoms with E-state index in [-0.39, 0.29) is 24.1 Å². The number of carbonyl (C=O) groups excluding carboxylic acids is 1. The molecule has 1 spiro atoms. The Labute approximate surface area is 224 Å². The van der Waals surface area contributed by atoms with Gasteiger partial charge in [0.2, 0.25) is 11.8 Å². The lowest BCUT2D eigenvalue weighted by molar-refractivity contribution is -0.195. The summed E-state index contributed by atoms with van der Waals surface area (Å²) in [6, 6.07) is 7.67. The molecule has 0 saturated heterocycles. The van der Waals surface area contributed by atoms with E-state index >= 15 is 0 Å². The number of amides is 1. The number of halogens is 4. The molecule has 208 valence electrons. The number of ether oxygens (including phenoxy) is 1. The Hall–Kier alpha value is -2.40. The van der Waals surface area contributed by atoms with Crippen LogP contribution in [0.3, 0.4) is 0 Å². The first-order valence-electron chi connectivity index (χ1n) is 12.7. The van der Waals surface area contributed by atoms with E-state index in [1.165, 1.54) is 19.2 Å². The number of rotatable bonds is 9. The molecular weight excluding hydrogens is 523 g/mol. The first-order chi connectivity index (χ1) is 17.9. The predicted molar refractivity (Wildman–Crippen MR) is 136 cm³/mol. The second kappa shape index (κ2) is 11.4. The zero-order valence-electron chi connectivity index (χ0n) is 21.3. The molecule has 38 heavy (non-hydrogen) atoms. The highest BCUT2D eigenvalue weighted by Crippen LogP contribution is 2.49. The zero-order chi connectivity index (χ0) is 27.7. The normalized spacial score (nSPS) is 21.4. The average molecular weight is 556 g/mol. The molecule has 5 atom stereocenters. The van der Waals surface area contributed by atoms with Crippen molar-refractivity contribution >= 4 is 17.5 Å². The van der Waals surface area contributed by atoms with Gasteiger partial charge in [-0.25, -0.2) is 4.98 Å². The van der Waals surface area contributed by atoms with Crippen molar-refractivity contribution in [3.05, 3.63) is 58.2 Å². The quantitative estimate of drug-likeness (QED) is 0.365. The molecule has 4 rings (SSSR count). The summed E-state index contributed by atoms with van der Waals surface area (Å²) < 4.78 is 45.8. The number of fused-ring (bicyclic) bond motifs is 1. The third kappa shape index (κ3) is 6.59. The van der Waals surface area contributed by atoms with Gasteiger partial charge in [-0.2, -0.15) is 13.2 Å². The van der Waals surface area contributed by atoms with Crippen molar-refractivity contribution in [2.24, 2.45) is 5.92 Å². The number of aliphatic hydroxyl groups excluding tert-OH is 2. The van der Waals surface area contributed by atoms with Crippen molar-refractivity contribution in [3.63, 3.8) is 0 Å². The third-order valence-corrected chi connectivity index (χ3v) is 7.81. The maximum atomic E-state index is 13.2. The van der Waals surface area contributed by atoms with Crippen LogP contribution in [0, 0.1) is 5.92 Å². The van der Waals surface area contributed by atoms with E-state index in [0.717, 1.165) is 31.7 Å². The number of alkyl halides is 3. The van der Waals surface area contributed by atoms with Gasteiger partial charge in [-0.15, -0.1) is 0 Å². The van der Waals surface area contributed by atoms with Crippen LogP contribution in [-0.2, 0) is 11.2 Å². The van der Waals surface area contributed by atoms with Gasteiger partial charge >= 0.3 is 6.18 Å². The van der Waals surface area contributed by atoms with Crippen LogP contribution in [0.2, 0.25) is 5.02 Å². The number of nitrogens with zero attached hydrogens (tertiary/aromatic N) is 1. The van der Waals surface area contributed by atoms with Gasteiger partial charge in [0.25, 0.3) is 0 Å². The Morgan fingerprint density at radius 1 is 1.26 bits per heavy atom. The number of aliphatic hydroxyl groups is 2. The average Bonchev–Trinajstić information content (AvgIpc) is 2.84. The Bertz CT molecular complexity index is 1130. The molecule has 2 aromatic rings. The zero-order valence-corrected chi connectivity index (χ0v) is 22.0. The van der Waals surface area contributed by atoms with Gasteiger partial charge in [-0.1, -0.05) is 30.7 Å². The number of nitrogens with one attached hydrogen (secondary N) is 2. The highest BCUT2D eigenvalue weighted by Gasteiger charge is 2.47. The fourth-order valence-electron chi connectivity index (χ4n) is 5.06. The number of pyridine rings is 1. The van der Waals surface area contributed by atoms with Crippen molar-refractivity contribution in [2.45, 2.75) is 82.0 Å². The van der Waals surface area contributed by atoms with Gasteiger partial charge < -0.3 is 25.6 Å². The SMILES string of the molecule is CC(=O)N[C@@H](Cc1ccc(Cl)cc1)[C@H](O)CN[C@H]1CC2(CCC2)Oc2ncc(C(O)C(C)C(F)(F)F)cc21. The van der Waals surface area contributed by atoms with Crippen molar-refractivity contribution in [2.75, 3.05) is 6.54 Å². The number of hydrogen-bond acceptors (Lipinski definition) is 6. The molecule has 2 heterocycles. The van der Waals surface area contributed by atoms with Crippen LogP contribution < -0.4 is 15.4 Å². The van der Waals surface area contributed by atoms with Crippen molar-refractivity contribution < 1.29 is 32.9 Å². The molecule has 7 nitrogen and oxygen atoms in total. The van der Waals surface area contributed by atoms with Gasteiger partial charge in [0.05, 0.1) is 24.2 Å². The van der Waals surface area contributed by atoms with Gasteiger partial charge in [-0.3, -0.25) is 4.79 Å². The molecule has 0 radical (unpaired) electrons. The largest absolute Gasteiger partial charge is 0.471 e. The van der Waals surface area contributed by atoms with E-state index in [4.69, 9.17) is 16.3 Å². The molecule has 1 saturated carbocycles. The molecule has 2 aliphatic rings.